The van der Waals surface area contributed by atoms with E-state index < -0.39 is 11.8 Å². The first-order chi connectivity index (χ1) is 12.5. The minimum atomic E-state index is -1.11. The molecule has 0 unspecified atom stereocenters. The summed E-state index contributed by atoms with van der Waals surface area (Å²) in [6.45, 7) is 2.20. The number of halogens is 1. The topological polar surface area (TPSA) is 63.6 Å². The summed E-state index contributed by atoms with van der Waals surface area (Å²) in [5, 5.41) is 8.59. The maximum Gasteiger partial charge on any atom is 0.328 e. The third-order valence-corrected chi connectivity index (χ3v) is 4.98. The molecule has 0 heterocycles. The summed E-state index contributed by atoms with van der Waals surface area (Å²) >= 11 is 0. The number of carboxylic acids is 1. The Kier molecular flexibility index (Phi) is 7.82. The maximum atomic E-state index is 14.1. The second-order valence-corrected chi connectivity index (χ2v) is 7.00. The summed E-state index contributed by atoms with van der Waals surface area (Å²) in [7, 11) is 0. The van der Waals surface area contributed by atoms with Crippen LogP contribution in [-0.4, -0.2) is 17.0 Å². The molecule has 1 aromatic rings. The molecule has 1 aliphatic rings. The molecule has 0 atom stereocenters. The minimum Gasteiger partial charge on any atom is -0.478 e. The van der Waals surface area contributed by atoms with Crippen molar-refractivity contribution in [1.82, 2.24) is 0 Å². The van der Waals surface area contributed by atoms with E-state index in [4.69, 9.17) is 9.84 Å². The predicted octanol–water partition coefficient (Wildman–Crippen LogP) is 5.22. The van der Waals surface area contributed by atoms with Gasteiger partial charge in [-0.1, -0.05) is 38.7 Å². The molecule has 1 N–H and O–H groups in total. The average Bonchev–Trinajstić information content (AvgIpc) is 2.62. The fraction of sp³-hybridized carbons (Fsp3) is 0.524. The lowest BCUT2D eigenvalue weighted by atomic mass is 9.80. The van der Waals surface area contributed by atoms with E-state index in [2.05, 4.69) is 6.92 Å². The van der Waals surface area contributed by atoms with Crippen molar-refractivity contribution in [3.05, 3.63) is 35.7 Å². The molecule has 142 valence electrons. The third kappa shape index (κ3) is 6.28. The highest BCUT2D eigenvalue weighted by molar-refractivity contribution is 5.85. The number of unbranched alkanes of at least 4 members (excludes halogenated alkanes) is 2. The van der Waals surface area contributed by atoms with Gasteiger partial charge in [0, 0.05) is 6.08 Å². The SMILES string of the molecule is CCCCCC1CCC(C(=O)Oc2ccc(/C=C/C(=O)O)cc2F)CC1. The van der Waals surface area contributed by atoms with Gasteiger partial charge in [-0.05, 0) is 55.4 Å². The highest BCUT2D eigenvalue weighted by Crippen LogP contribution is 2.33. The molecule has 1 aliphatic carbocycles. The molecular formula is C21H27FO4. The number of rotatable bonds is 8. The van der Waals surface area contributed by atoms with Crippen LogP contribution in [0.5, 0.6) is 5.75 Å². The molecule has 0 aromatic heterocycles. The van der Waals surface area contributed by atoms with Crippen molar-refractivity contribution in [2.24, 2.45) is 11.8 Å². The van der Waals surface area contributed by atoms with E-state index in [0.717, 1.165) is 37.8 Å². The summed E-state index contributed by atoms with van der Waals surface area (Å²) < 4.78 is 19.3. The minimum absolute atomic E-state index is 0.104. The Morgan fingerprint density at radius 1 is 1.23 bits per heavy atom. The molecule has 0 radical (unpaired) electrons. The number of aliphatic carboxylic acids is 1. The molecule has 0 bridgehead atoms. The van der Waals surface area contributed by atoms with Crippen LogP contribution < -0.4 is 4.74 Å². The molecule has 0 saturated heterocycles. The molecule has 26 heavy (non-hydrogen) atoms. The van der Waals surface area contributed by atoms with E-state index in [-0.39, 0.29) is 17.6 Å². The average molecular weight is 362 g/mol. The van der Waals surface area contributed by atoms with Crippen LogP contribution >= 0.6 is 0 Å². The molecule has 1 saturated carbocycles. The second kappa shape index (κ2) is 10.1. The van der Waals surface area contributed by atoms with Gasteiger partial charge in [0.2, 0.25) is 0 Å². The van der Waals surface area contributed by atoms with Crippen molar-refractivity contribution in [1.29, 1.82) is 0 Å². The maximum absolute atomic E-state index is 14.1. The molecule has 1 aromatic carbocycles. The highest BCUT2D eigenvalue weighted by Gasteiger charge is 2.28. The van der Waals surface area contributed by atoms with Gasteiger partial charge in [0.1, 0.15) is 0 Å². The van der Waals surface area contributed by atoms with Gasteiger partial charge in [-0.2, -0.15) is 0 Å². The fourth-order valence-corrected chi connectivity index (χ4v) is 3.43. The smallest absolute Gasteiger partial charge is 0.328 e. The molecule has 5 heteroatoms. The van der Waals surface area contributed by atoms with Gasteiger partial charge >= 0.3 is 11.9 Å². The number of esters is 1. The van der Waals surface area contributed by atoms with Crippen LogP contribution in [-0.2, 0) is 9.59 Å². The molecule has 0 aliphatic heterocycles. The number of ether oxygens (including phenoxy) is 1. The van der Waals surface area contributed by atoms with Crippen molar-refractivity contribution in [3.8, 4) is 5.75 Å². The summed E-state index contributed by atoms with van der Waals surface area (Å²) in [5.41, 5.74) is 0.400. The van der Waals surface area contributed by atoms with Crippen LogP contribution in [0.15, 0.2) is 24.3 Å². The van der Waals surface area contributed by atoms with Crippen LogP contribution in [0.3, 0.4) is 0 Å². The fourth-order valence-electron chi connectivity index (χ4n) is 3.43. The molecular weight excluding hydrogens is 335 g/mol. The van der Waals surface area contributed by atoms with Crippen LogP contribution in [0.4, 0.5) is 4.39 Å². The van der Waals surface area contributed by atoms with Crippen LogP contribution in [0.25, 0.3) is 6.08 Å². The van der Waals surface area contributed by atoms with Crippen molar-refractivity contribution < 1.29 is 23.8 Å². The van der Waals surface area contributed by atoms with E-state index >= 15 is 0 Å². The molecule has 1 fully saturated rings. The largest absolute Gasteiger partial charge is 0.478 e. The Labute approximate surface area is 154 Å². The Bertz CT molecular complexity index is 645. The van der Waals surface area contributed by atoms with Gasteiger partial charge in [-0.15, -0.1) is 0 Å². The zero-order valence-corrected chi connectivity index (χ0v) is 15.2. The van der Waals surface area contributed by atoms with E-state index in [1.807, 2.05) is 0 Å². The molecule has 0 amide bonds. The van der Waals surface area contributed by atoms with Crippen molar-refractivity contribution in [2.45, 2.75) is 58.3 Å². The number of carbonyl (C=O) groups is 2. The number of benzene rings is 1. The number of hydrogen-bond donors (Lipinski definition) is 1. The number of hydrogen-bond acceptors (Lipinski definition) is 3. The second-order valence-electron chi connectivity index (χ2n) is 7.00. The van der Waals surface area contributed by atoms with E-state index in [9.17, 15) is 14.0 Å². The highest BCUT2D eigenvalue weighted by atomic mass is 19.1. The van der Waals surface area contributed by atoms with Crippen LogP contribution in [0, 0.1) is 17.7 Å². The quantitative estimate of drug-likeness (QED) is 0.298. The normalized spacial score (nSPS) is 20.2. The number of carbonyl (C=O) groups excluding carboxylic acids is 1. The van der Waals surface area contributed by atoms with Gasteiger partial charge in [0.25, 0.3) is 0 Å². The summed E-state index contributed by atoms with van der Waals surface area (Å²) in [5.74, 6) is -1.71. The van der Waals surface area contributed by atoms with Gasteiger partial charge < -0.3 is 9.84 Å². The van der Waals surface area contributed by atoms with E-state index in [0.29, 0.717) is 11.5 Å². The standard InChI is InChI=1S/C21H27FO4/c1-2-3-4-5-15-6-10-17(11-7-15)21(25)26-19-12-8-16(14-18(19)22)9-13-20(23)24/h8-9,12-15,17H,2-7,10-11H2,1H3,(H,23,24)/b13-9+. The van der Waals surface area contributed by atoms with Gasteiger partial charge in [0.15, 0.2) is 11.6 Å². The first kappa shape index (κ1) is 20.1. The summed E-state index contributed by atoms with van der Waals surface area (Å²) in [4.78, 5) is 22.8. The zero-order chi connectivity index (χ0) is 18.9. The van der Waals surface area contributed by atoms with Crippen molar-refractivity contribution >= 4 is 18.0 Å². The molecule has 4 nitrogen and oxygen atoms in total. The van der Waals surface area contributed by atoms with Gasteiger partial charge in [-0.3, -0.25) is 4.79 Å². The van der Waals surface area contributed by atoms with E-state index in [1.165, 1.54) is 43.9 Å². The van der Waals surface area contributed by atoms with Crippen molar-refractivity contribution in [2.75, 3.05) is 0 Å². The molecule has 2 rings (SSSR count). The summed E-state index contributed by atoms with van der Waals surface area (Å²) in [6, 6.07) is 4.05. The van der Waals surface area contributed by atoms with Gasteiger partial charge in [0.05, 0.1) is 5.92 Å². The zero-order valence-electron chi connectivity index (χ0n) is 15.2. The first-order valence-electron chi connectivity index (χ1n) is 9.41. The lowest BCUT2D eigenvalue weighted by molar-refractivity contribution is -0.140. The first-order valence-corrected chi connectivity index (χ1v) is 9.41. The molecule has 0 spiro atoms. The van der Waals surface area contributed by atoms with Crippen LogP contribution in [0.1, 0.15) is 63.9 Å². The Morgan fingerprint density at radius 3 is 2.58 bits per heavy atom. The Hall–Kier alpha value is -2.17. The Balaban J connectivity index is 1.85. The van der Waals surface area contributed by atoms with Crippen LogP contribution in [0.2, 0.25) is 0 Å². The summed E-state index contributed by atoms with van der Waals surface area (Å²) in [6.07, 6.45) is 10.9. The van der Waals surface area contributed by atoms with Gasteiger partial charge in [-0.25, -0.2) is 9.18 Å². The third-order valence-electron chi connectivity index (χ3n) is 4.98. The monoisotopic (exact) mass is 362 g/mol. The van der Waals surface area contributed by atoms with E-state index in [1.54, 1.807) is 0 Å². The lowest BCUT2D eigenvalue weighted by Crippen LogP contribution is -2.26. The Morgan fingerprint density at radius 2 is 1.96 bits per heavy atom. The van der Waals surface area contributed by atoms with Crippen molar-refractivity contribution in [3.63, 3.8) is 0 Å². The number of carboxylic acid groups (broad SMARTS) is 1. The predicted molar refractivity (Wildman–Crippen MR) is 98.3 cm³/mol. The lowest BCUT2D eigenvalue weighted by Gasteiger charge is -2.27.